The van der Waals surface area contributed by atoms with Crippen LogP contribution in [0.1, 0.15) is 5.69 Å². The van der Waals surface area contributed by atoms with Crippen LogP contribution in [0, 0.1) is 0 Å². The van der Waals surface area contributed by atoms with Gasteiger partial charge < -0.3 is 5.32 Å². The minimum Gasteiger partial charge on any atom is -0.378 e. The largest absolute Gasteiger partial charge is 0.378 e. The fraction of sp³-hybridized carbons (Fsp3) is 0.222. The quantitative estimate of drug-likeness (QED) is 0.859. The molecule has 6 heteroatoms. The highest BCUT2D eigenvalue weighted by molar-refractivity contribution is 9.10. The molecule has 0 amide bonds. The lowest BCUT2D eigenvalue weighted by Gasteiger charge is -2.02. The van der Waals surface area contributed by atoms with Gasteiger partial charge in [-0.1, -0.05) is 5.21 Å². The van der Waals surface area contributed by atoms with Crippen molar-refractivity contribution in [3.63, 3.8) is 0 Å². The van der Waals surface area contributed by atoms with E-state index in [1.807, 2.05) is 25.4 Å². The second kappa shape index (κ2) is 4.39. The van der Waals surface area contributed by atoms with E-state index in [1.165, 1.54) is 0 Å². The molecule has 0 radical (unpaired) electrons. The first-order chi connectivity index (χ1) is 7.24. The van der Waals surface area contributed by atoms with Gasteiger partial charge in [-0.05, 0) is 28.1 Å². The first-order valence-electron chi connectivity index (χ1n) is 4.44. The summed E-state index contributed by atoms with van der Waals surface area (Å²) in [5.41, 5.74) is 1.87. The fourth-order valence-corrected chi connectivity index (χ4v) is 1.38. The van der Waals surface area contributed by atoms with E-state index < -0.39 is 0 Å². The molecular weight excluding hydrogens is 258 g/mol. The number of hydrogen-bond donors (Lipinski definition) is 1. The van der Waals surface area contributed by atoms with Gasteiger partial charge in [-0.3, -0.25) is 4.68 Å². The summed E-state index contributed by atoms with van der Waals surface area (Å²) in [5, 5.41) is 11.0. The molecule has 0 bridgehead atoms. The van der Waals surface area contributed by atoms with Crippen molar-refractivity contribution in [3.8, 4) is 0 Å². The van der Waals surface area contributed by atoms with Crippen LogP contribution in [0.3, 0.4) is 0 Å². The number of aryl methyl sites for hydroxylation is 1. The molecule has 1 N–H and O–H groups in total. The number of anilines is 1. The summed E-state index contributed by atoms with van der Waals surface area (Å²) in [7, 11) is 1.84. The molecule has 0 saturated heterocycles. The van der Waals surface area contributed by atoms with Crippen molar-refractivity contribution in [3.05, 3.63) is 34.8 Å². The summed E-state index contributed by atoms with van der Waals surface area (Å²) in [6.07, 6.45) is 3.64. The van der Waals surface area contributed by atoms with Gasteiger partial charge in [0.05, 0.1) is 18.4 Å². The zero-order valence-corrected chi connectivity index (χ0v) is 9.77. The highest BCUT2D eigenvalue weighted by Gasteiger charge is 1.98. The lowest BCUT2D eigenvalue weighted by molar-refractivity contribution is 0.713. The Morgan fingerprint density at radius 2 is 2.33 bits per heavy atom. The lowest BCUT2D eigenvalue weighted by atomic mass is 10.4. The van der Waals surface area contributed by atoms with Crippen molar-refractivity contribution in [1.29, 1.82) is 0 Å². The molecule has 2 aromatic rings. The Hall–Kier alpha value is -1.43. The molecule has 0 unspecified atom stereocenters. The van der Waals surface area contributed by atoms with Crippen LogP contribution >= 0.6 is 15.9 Å². The van der Waals surface area contributed by atoms with Gasteiger partial charge in [-0.15, -0.1) is 5.10 Å². The molecule has 0 aliphatic rings. The normalized spacial score (nSPS) is 10.3. The van der Waals surface area contributed by atoms with Crippen molar-refractivity contribution in [2.45, 2.75) is 6.54 Å². The third kappa shape index (κ3) is 2.76. The van der Waals surface area contributed by atoms with E-state index in [0.717, 1.165) is 16.0 Å². The summed E-state index contributed by atoms with van der Waals surface area (Å²) in [6.45, 7) is 0.650. The van der Waals surface area contributed by atoms with E-state index >= 15 is 0 Å². The first-order valence-corrected chi connectivity index (χ1v) is 5.24. The number of nitrogens with one attached hydrogen (secondary N) is 1. The Kier molecular flexibility index (Phi) is 2.96. The number of nitrogens with zero attached hydrogens (tertiary/aromatic N) is 4. The topological polar surface area (TPSA) is 55.6 Å². The minimum absolute atomic E-state index is 0.650. The molecule has 2 aromatic heterocycles. The van der Waals surface area contributed by atoms with E-state index in [9.17, 15) is 0 Å². The summed E-state index contributed by atoms with van der Waals surface area (Å²) in [4.78, 5) is 4.11. The van der Waals surface area contributed by atoms with Gasteiger partial charge in [0.15, 0.2) is 0 Å². The van der Waals surface area contributed by atoms with E-state index in [-0.39, 0.29) is 0 Å². The van der Waals surface area contributed by atoms with Crippen molar-refractivity contribution in [2.75, 3.05) is 5.32 Å². The van der Waals surface area contributed by atoms with E-state index in [2.05, 4.69) is 36.5 Å². The third-order valence-corrected chi connectivity index (χ3v) is 2.32. The standard InChI is InChI=1S/C9H10BrN5/c1-15-6-8(13-14-15)5-11-7-2-3-9(10)12-4-7/h2-4,6,11H,5H2,1H3. The van der Waals surface area contributed by atoms with Crippen LogP contribution in [0.15, 0.2) is 29.1 Å². The average molecular weight is 268 g/mol. The number of hydrogen-bond acceptors (Lipinski definition) is 4. The molecule has 0 spiro atoms. The summed E-state index contributed by atoms with van der Waals surface area (Å²) < 4.78 is 2.50. The predicted molar refractivity (Wildman–Crippen MR) is 60.3 cm³/mol. The molecule has 2 heterocycles. The number of pyridine rings is 1. The molecule has 2 rings (SSSR count). The average Bonchev–Trinajstić information content (AvgIpc) is 2.64. The van der Waals surface area contributed by atoms with Crippen LogP contribution in [0.25, 0.3) is 0 Å². The van der Waals surface area contributed by atoms with Gasteiger partial charge in [0.2, 0.25) is 0 Å². The maximum absolute atomic E-state index is 4.11. The molecule has 15 heavy (non-hydrogen) atoms. The molecule has 0 fully saturated rings. The highest BCUT2D eigenvalue weighted by Crippen LogP contribution is 2.10. The van der Waals surface area contributed by atoms with Gasteiger partial charge in [0, 0.05) is 13.2 Å². The van der Waals surface area contributed by atoms with Gasteiger partial charge in [0.25, 0.3) is 0 Å². The summed E-state index contributed by atoms with van der Waals surface area (Å²) in [6, 6.07) is 3.84. The lowest BCUT2D eigenvalue weighted by Crippen LogP contribution is -1.99. The van der Waals surface area contributed by atoms with Crippen molar-refractivity contribution in [2.24, 2.45) is 7.05 Å². The number of halogens is 1. The van der Waals surface area contributed by atoms with Gasteiger partial charge >= 0.3 is 0 Å². The zero-order valence-electron chi connectivity index (χ0n) is 8.18. The third-order valence-electron chi connectivity index (χ3n) is 1.85. The summed E-state index contributed by atoms with van der Waals surface area (Å²) >= 11 is 3.28. The SMILES string of the molecule is Cn1cc(CNc2ccc(Br)nc2)nn1. The molecule has 0 aliphatic carbocycles. The van der Waals surface area contributed by atoms with Crippen LogP contribution in [-0.2, 0) is 13.6 Å². The van der Waals surface area contributed by atoms with Crippen molar-refractivity contribution < 1.29 is 0 Å². The molecule has 0 aromatic carbocycles. The molecule has 5 nitrogen and oxygen atoms in total. The smallest absolute Gasteiger partial charge is 0.106 e. The van der Waals surface area contributed by atoms with Crippen LogP contribution in [-0.4, -0.2) is 20.0 Å². The molecule has 0 atom stereocenters. The number of aromatic nitrogens is 4. The maximum Gasteiger partial charge on any atom is 0.106 e. The molecule has 78 valence electrons. The second-order valence-electron chi connectivity index (χ2n) is 3.11. The zero-order chi connectivity index (χ0) is 10.7. The van der Waals surface area contributed by atoms with E-state index in [1.54, 1.807) is 10.9 Å². The molecular formula is C9H10BrN5. The van der Waals surface area contributed by atoms with Gasteiger partial charge in [-0.25, -0.2) is 4.98 Å². The van der Waals surface area contributed by atoms with E-state index in [0.29, 0.717) is 6.54 Å². The van der Waals surface area contributed by atoms with Crippen LogP contribution in [0.2, 0.25) is 0 Å². The minimum atomic E-state index is 0.650. The van der Waals surface area contributed by atoms with Crippen LogP contribution < -0.4 is 5.32 Å². The van der Waals surface area contributed by atoms with Gasteiger partial charge in [-0.2, -0.15) is 0 Å². The Balaban J connectivity index is 1.96. The van der Waals surface area contributed by atoms with Crippen LogP contribution in [0.5, 0.6) is 0 Å². The first kappa shape index (κ1) is 10.1. The maximum atomic E-state index is 4.11. The molecule has 0 aliphatic heterocycles. The van der Waals surface area contributed by atoms with E-state index in [4.69, 9.17) is 0 Å². The predicted octanol–water partition coefficient (Wildman–Crippen LogP) is 1.58. The number of rotatable bonds is 3. The second-order valence-corrected chi connectivity index (χ2v) is 3.92. The fourth-order valence-electron chi connectivity index (χ4n) is 1.15. The van der Waals surface area contributed by atoms with Crippen molar-refractivity contribution in [1.82, 2.24) is 20.0 Å². The monoisotopic (exact) mass is 267 g/mol. The van der Waals surface area contributed by atoms with Gasteiger partial charge in [0.1, 0.15) is 10.3 Å². The summed E-state index contributed by atoms with van der Waals surface area (Å²) in [5.74, 6) is 0. The van der Waals surface area contributed by atoms with Crippen molar-refractivity contribution >= 4 is 21.6 Å². The Labute approximate surface area is 95.7 Å². The Morgan fingerprint density at radius 1 is 1.47 bits per heavy atom. The highest BCUT2D eigenvalue weighted by atomic mass is 79.9. The Bertz CT molecular complexity index is 436. The Morgan fingerprint density at radius 3 is 2.93 bits per heavy atom. The molecule has 0 saturated carbocycles. The van der Waals surface area contributed by atoms with Crippen LogP contribution in [0.4, 0.5) is 5.69 Å².